The lowest BCUT2D eigenvalue weighted by molar-refractivity contribution is 0.410. The van der Waals surface area contributed by atoms with Crippen molar-refractivity contribution in [2.24, 2.45) is 5.73 Å². The predicted molar refractivity (Wildman–Crippen MR) is 139 cm³/mol. The fraction of sp³-hybridized carbons (Fsp3) is 0.542. The molecule has 1 saturated carbocycles. The van der Waals surface area contributed by atoms with Crippen LogP contribution in [0.25, 0.3) is 11.2 Å². The van der Waals surface area contributed by atoms with E-state index in [1.54, 1.807) is 37.6 Å². The van der Waals surface area contributed by atoms with Gasteiger partial charge in [-0.1, -0.05) is 13.3 Å². The van der Waals surface area contributed by atoms with Gasteiger partial charge in [-0.3, -0.25) is 0 Å². The summed E-state index contributed by atoms with van der Waals surface area (Å²) < 4.78 is 29.0. The van der Waals surface area contributed by atoms with Crippen LogP contribution in [0, 0.1) is 0 Å². The molecule has 1 fully saturated rings. The molecule has 1 aliphatic rings. The van der Waals surface area contributed by atoms with Gasteiger partial charge >= 0.3 is 0 Å². The predicted octanol–water partition coefficient (Wildman–Crippen LogP) is 3.69. The van der Waals surface area contributed by atoms with Crippen LogP contribution in [0.4, 0.5) is 17.5 Å². The van der Waals surface area contributed by atoms with Crippen molar-refractivity contribution in [2.45, 2.75) is 75.9 Å². The molecule has 10 nitrogen and oxygen atoms in total. The highest BCUT2D eigenvalue weighted by Crippen LogP contribution is 2.27. The zero-order chi connectivity index (χ0) is 25.0. The molecular formula is C24H36N8O2S. The molecule has 35 heavy (non-hydrogen) atoms. The highest BCUT2D eigenvalue weighted by molar-refractivity contribution is 7.89. The van der Waals surface area contributed by atoms with Gasteiger partial charge in [-0.25, -0.2) is 17.7 Å². The van der Waals surface area contributed by atoms with E-state index in [1.165, 1.54) is 4.31 Å². The van der Waals surface area contributed by atoms with Gasteiger partial charge in [-0.05, 0) is 63.3 Å². The molecule has 0 amide bonds. The molecule has 0 radical (unpaired) electrons. The molecule has 0 atom stereocenters. The smallest absolute Gasteiger partial charge is 0.242 e. The van der Waals surface area contributed by atoms with Crippen LogP contribution in [0.1, 0.15) is 52.4 Å². The summed E-state index contributed by atoms with van der Waals surface area (Å²) in [6, 6.07) is 7.30. The van der Waals surface area contributed by atoms with Gasteiger partial charge in [-0.2, -0.15) is 9.97 Å². The number of benzene rings is 1. The average Bonchev–Trinajstić information content (AvgIpc) is 3.27. The van der Waals surface area contributed by atoms with E-state index in [1.807, 2.05) is 18.4 Å². The monoisotopic (exact) mass is 500 g/mol. The van der Waals surface area contributed by atoms with Gasteiger partial charge in [0.25, 0.3) is 0 Å². The number of hydrogen-bond acceptors (Lipinski definition) is 8. The first-order valence-corrected chi connectivity index (χ1v) is 13.8. The fourth-order valence-corrected chi connectivity index (χ4v) is 5.51. The van der Waals surface area contributed by atoms with Crippen LogP contribution in [0.2, 0.25) is 0 Å². The molecule has 0 unspecified atom stereocenters. The van der Waals surface area contributed by atoms with Gasteiger partial charge in [0.1, 0.15) is 0 Å². The quantitative estimate of drug-likeness (QED) is 0.384. The molecule has 190 valence electrons. The Morgan fingerprint density at radius 1 is 1.11 bits per heavy atom. The molecule has 11 heteroatoms. The number of aryl methyl sites for hydroxylation is 1. The Morgan fingerprint density at radius 3 is 2.49 bits per heavy atom. The van der Waals surface area contributed by atoms with Crippen LogP contribution in [-0.4, -0.2) is 57.9 Å². The molecule has 2 aromatic heterocycles. The van der Waals surface area contributed by atoms with Crippen LogP contribution in [0.5, 0.6) is 0 Å². The van der Waals surface area contributed by atoms with Crippen molar-refractivity contribution < 1.29 is 8.42 Å². The largest absolute Gasteiger partial charge is 0.351 e. The summed E-state index contributed by atoms with van der Waals surface area (Å²) in [5, 5.41) is 6.79. The van der Waals surface area contributed by atoms with Crippen molar-refractivity contribution in [2.75, 3.05) is 24.2 Å². The number of sulfonamides is 1. The van der Waals surface area contributed by atoms with Crippen LogP contribution in [0.15, 0.2) is 35.5 Å². The minimum atomic E-state index is -3.52. The first kappa shape index (κ1) is 25.3. The Labute approximate surface area is 207 Å². The second kappa shape index (κ2) is 10.9. The Bertz CT molecular complexity index is 1230. The molecular weight excluding hydrogens is 464 g/mol. The zero-order valence-electron chi connectivity index (χ0n) is 20.7. The molecule has 1 aromatic carbocycles. The van der Waals surface area contributed by atoms with Crippen LogP contribution in [-0.2, 0) is 16.6 Å². The Kier molecular flexibility index (Phi) is 7.88. The minimum Gasteiger partial charge on any atom is -0.351 e. The molecule has 0 saturated heterocycles. The van der Waals surface area contributed by atoms with E-state index in [9.17, 15) is 8.42 Å². The summed E-state index contributed by atoms with van der Waals surface area (Å²) in [6.45, 7) is 5.33. The first-order valence-electron chi connectivity index (χ1n) is 12.4. The van der Waals surface area contributed by atoms with Crippen molar-refractivity contribution in [3.63, 3.8) is 0 Å². The molecule has 0 spiro atoms. The van der Waals surface area contributed by atoms with Crippen molar-refractivity contribution in [1.29, 1.82) is 0 Å². The lowest BCUT2D eigenvalue weighted by Crippen LogP contribution is -2.33. The van der Waals surface area contributed by atoms with Crippen molar-refractivity contribution in [3.8, 4) is 0 Å². The highest BCUT2D eigenvalue weighted by Gasteiger charge is 2.22. The first-order chi connectivity index (χ1) is 16.8. The van der Waals surface area contributed by atoms with Gasteiger partial charge < -0.3 is 20.9 Å². The Hall–Kier alpha value is -2.76. The number of unbranched alkanes of at least 4 members (excludes halogenated alkanes) is 1. The summed E-state index contributed by atoms with van der Waals surface area (Å²) in [4.78, 5) is 14.2. The zero-order valence-corrected chi connectivity index (χ0v) is 21.6. The topological polar surface area (TPSA) is 131 Å². The summed E-state index contributed by atoms with van der Waals surface area (Å²) in [5.74, 6) is 1.13. The normalized spacial score (nSPS) is 18.8. The van der Waals surface area contributed by atoms with E-state index >= 15 is 0 Å². The Morgan fingerprint density at radius 2 is 1.83 bits per heavy atom. The highest BCUT2D eigenvalue weighted by atomic mass is 32.2. The number of nitrogens with zero attached hydrogens (tertiary/aromatic N) is 5. The standard InChI is InChI=1S/C24H36N8O2S/c1-4-6-15-31(3)35(33,34)20-13-11-18(12-14-20)27-22-21-23(32(5-2)16-26-21)30-24(29-22)28-19-9-7-17(25)8-10-19/h11-14,16-17,19H,4-10,15,25H2,1-3H3,(H2,27,28,29,30). The third-order valence-corrected chi connectivity index (χ3v) is 8.43. The molecule has 4 rings (SSSR count). The van der Waals surface area contributed by atoms with Crippen LogP contribution in [0.3, 0.4) is 0 Å². The maximum atomic E-state index is 12.8. The molecule has 3 aromatic rings. The van der Waals surface area contributed by atoms with Crippen LogP contribution >= 0.6 is 0 Å². The van der Waals surface area contributed by atoms with Gasteiger partial charge in [0.2, 0.25) is 16.0 Å². The van der Waals surface area contributed by atoms with E-state index in [0.29, 0.717) is 23.8 Å². The third-order valence-electron chi connectivity index (χ3n) is 6.56. The van der Waals surface area contributed by atoms with E-state index in [-0.39, 0.29) is 17.0 Å². The SMILES string of the molecule is CCCCN(C)S(=O)(=O)c1ccc(Nc2nc(NC3CCC(N)CC3)nc3c2ncn3CC)cc1. The lowest BCUT2D eigenvalue weighted by Gasteiger charge is -2.26. The third kappa shape index (κ3) is 5.74. The maximum Gasteiger partial charge on any atom is 0.242 e. The average molecular weight is 501 g/mol. The minimum absolute atomic E-state index is 0.266. The number of fused-ring (bicyclic) bond motifs is 1. The van der Waals surface area contributed by atoms with Gasteiger partial charge in [0, 0.05) is 37.9 Å². The summed E-state index contributed by atoms with van der Waals surface area (Å²) >= 11 is 0. The van der Waals surface area contributed by atoms with Crippen molar-refractivity contribution in [3.05, 3.63) is 30.6 Å². The summed E-state index contributed by atoms with van der Waals surface area (Å²) in [5.41, 5.74) is 8.19. The van der Waals surface area contributed by atoms with Gasteiger partial charge in [-0.15, -0.1) is 0 Å². The number of aromatic nitrogens is 4. The molecule has 0 bridgehead atoms. The van der Waals surface area contributed by atoms with Crippen molar-refractivity contribution >= 4 is 38.6 Å². The number of hydrogen-bond donors (Lipinski definition) is 3. The lowest BCUT2D eigenvalue weighted by atomic mass is 9.92. The van der Waals surface area contributed by atoms with E-state index in [0.717, 1.165) is 56.4 Å². The number of nitrogens with one attached hydrogen (secondary N) is 2. The number of nitrogens with two attached hydrogens (primary N) is 1. The van der Waals surface area contributed by atoms with Gasteiger partial charge in [0.05, 0.1) is 11.2 Å². The second-order valence-electron chi connectivity index (χ2n) is 9.18. The second-order valence-corrected chi connectivity index (χ2v) is 11.2. The fourth-order valence-electron chi connectivity index (χ4n) is 4.30. The summed E-state index contributed by atoms with van der Waals surface area (Å²) in [6.07, 6.45) is 7.47. The number of rotatable bonds is 10. The van der Waals surface area contributed by atoms with E-state index in [2.05, 4.69) is 15.6 Å². The molecule has 0 aliphatic heterocycles. The number of anilines is 3. The van der Waals surface area contributed by atoms with Gasteiger partial charge in [0.15, 0.2) is 17.0 Å². The maximum absolute atomic E-state index is 12.8. The Balaban J connectivity index is 1.58. The van der Waals surface area contributed by atoms with Crippen LogP contribution < -0.4 is 16.4 Å². The molecule has 1 aliphatic carbocycles. The molecule has 4 N–H and O–H groups in total. The van der Waals surface area contributed by atoms with E-state index < -0.39 is 10.0 Å². The number of imidazole rings is 1. The van der Waals surface area contributed by atoms with Crippen molar-refractivity contribution in [1.82, 2.24) is 23.8 Å². The van der Waals surface area contributed by atoms with E-state index in [4.69, 9.17) is 15.7 Å². The molecule has 2 heterocycles. The summed E-state index contributed by atoms with van der Waals surface area (Å²) in [7, 11) is -1.90.